The second kappa shape index (κ2) is 7.59. The highest BCUT2D eigenvalue weighted by Crippen LogP contribution is 2.33. The van der Waals surface area contributed by atoms with Crippen LogP contribution in [0.4, 0.5) is 15.8 Å². The van der Waals surface area contributed by atoms with Crippen molar-refractivity contribution in [1.82, 2.24) is 0 Å². The number of nitrogens with one attached hydrogen (secondary N) is 1. The summed E-state index contributed by atoms with van der Waals surface area (Å²) < 4.78 is 18.5. The molecular weight excluding hydrogens is 371 g/mol. The van der Waals surface area contributed by atoms with Crippen molar-refractivity contribution >= 4 is 28.8 Å². The predicted molar refractivity (Wildman–Crippen MR) is 109 cm³/mol. The lowest BCUT2D eigenvalue weighted by atomic mass is 10.0. The summed E-state index contributed by atoms with van der Waals surface area (Å²) in [5.41, 5.74) is 1.87. The molecule has 0 saturated heterocycles. The van der Waals surface area contributed by atoms with Crippen molar-refractivity contribution in [3.8, 4) is 5.75 Å². The van der Waals surface area contributed by atoms with Crippen molar-refractivity contribution in [3.05, 3.63) is 95.9 Å². The van der Waals surface area contributed by atoms with Crippen molar-refractivity contribution in [1.29, 1.82) is 0 Å². The Kier molecular flexibility index (Phi) is 4.83. The smallest absolute Gasteiger partial charge is 0.282 e. The number of carbonyl (C=O) groups is 2. The molecule has 0 unspecified atom stereocenters. The Labute approximate surface area is 167 Å². The number of hydrogen-bond donors (Lipinski definition) is 1. The summed E-state index contributed by atoms with van der Waals surface area (Å²) in [6.45, 7) is 0. The summed E-state index contributed by atoms with van der Waals surface area (Å²) >= 11 is 0. The van der Waals surface area contributed by atoms with Gasteiger partial charge >= 0.3 is 0 Å². The van der Waals surface area contributed by atoms with E-state index < -0.39 is 17.6 Å². The normalized spacial score (nSPS) is 13.8. The standard InChI is InChI=1S/C23H17FN2O3/c1-29-19-13-11-17(12-14-19)25-21-20(15-7-9-16(24)10-8-15)22(27)26(23(21)28)18-5-3-2-4-6-18/h2-14,25H,1H3. The summed E-state index contributed by atoms with van der Waals surface area (Å²) in [6.07, 6.45) is 0. The Morgan fingerprint density at radius 1 is 0.828 bits per heavy atom. The minimum Gasteiger partial charge on any atom is -0.497 e. The number of para-hydroxylation sites is 1. The molecule has 3 aromatic carbocycles. The lowest BCUT2D eigenvalue weighted by molar-refractivity contribution is -0.120. The number of methoxy groups -OCH3 is 1. The zero-order chi connectivity index (χ0) is 20.4. The molecule has 0 radical (unpaired) electrons. The van der Waals surface area contributed by atoms with E-state index in [4.69, 9.17) is 4.74 Å². The van der Waals surface area contributed by atoms with Crippen LogP contribution in [0.3, 0.4) is 0 Å². The molecule has 1 heterocycles. The van der Waals surface area contributed by atoms with E-state index in [0.29, 0.717) is 22.7 Å². The van der Waals surface area contributed by atoms with Gasteiger partial charge in [0.1, 0.15) is 17.3 Å². The van der Waals surface area contributed by atoms with E-state index in [1.807, 2.05) is 0 Å². The molecule has 2 amide bonds. The van der Waals surface area contributed by atoms with Crippen molar-refractivity contribution in [3.63, 3.8) is 0 Å². The van der Waals surface area contributed by atoms with Gasteiger partial charge in [-0.15, -0.1) is 0 Å². The molecule has 0 spiro atoms. The fourth-order valence-corrected chi connectivity index (χ4v) is 3.16. The first kappa shape index (κ1) is 18.4. The average molecular weight is 388 g/mol. The van der Waals surface area contributed by atoms with Crippen LogP contribution >= 0.6 is 0 Å². The Hall–Kier alpha value is -3.93. The van der Waals surface area contributed by atoms with Crippen molar-refractivity contribution in [2.45, 2.75) is 0 Å². The van der Waals surface area contributed by atoms with Gasteiger partial charge in [-0.25, -0.2) is 9.29 Å². The van der Waals surface area contributed by atoms with Crippen molar-refractivity contribution in [2.75, 3.05) is 17.3 Å². The summed E-state index contributed by atoms with van der Waals surface area (Å²) in [4.78, 5) is 27.5. The van der Waals surface area contributed by atoms with Crippen LogP contribution in [-0.4, -0.2) is 18.9 Å². The van der Waals surface area contributed by atoms with Crippen LogP contribution in [0.5, 0.6) is 5.75 Å². The quantitative estimate of drug-likeness (QED) is 0.665. The van der Waals surface area contributed by atoms with Crippen LogP contribution in [-0.2, 0) is 9.59 Å². The first-order valence-corrected chi connectivity index (χ1v) is 8.93. The number of amides is 2. The third-order valence-electron chi connectivity index (χ3n) is 4.59. The average Bonchev–Trinajstić information content (AvgIpc) is 2.99. The maximum Gasteiger partial charge on any atom is 0.282 e. The van der Waals surface area contributed by atoms with Gasteiger partial charge in [-0.1, -0.05) is 30.3 Å². The van der Waals surface area contributed by atoms with E-state index in [1.54, 1.807) is 61.7 Å². The maximum atomic E-state index is 13.4. The van der Waals surface area contributed by atoms with E-state index in [2.05, 4.69) is 5.32 Å². The molecule has 1 N–H and O–H groups in total. The van der Waals surface area contributed by atoms with Gasteiger partial charge in [0.05, 0.1) is 18.4 Å². The Morgan fingerprint density at radius 3 is 2.10 bits per heavy atom. The lowest BCUT2D eigenvalue weighted by Crippen LogP contribution is -2.32. The lowest BCUT2D eigenvalue weighted by Gasteiger charge is -2.15. The summed E-state index contributed by atoms with van der Waals surface area (Å²) in [7, 11) is 1.56. The van der Waals surface area contributed by atoms with Gasteiger partial charge in [0.25, 0.3) is 11.8 Å². The Morgan fingerprint density at radius 2 is 1.48 bits per heavy atom. The predicted octanol–water partition coefficient (Wildman–Crippen LogP) is 4.23. The van der Waals surface area contributed by atoms with Crippen LogP contribution in [0.25, 0.3) is 5.57 Å². The van der Waals surface area contributed by atoms with Gasteiger partial charge in [-0.3, -0.25) is 9.59 Å². The molecule has 0 saturated carbocycles. The first-order chi connectivity index (χ1) is 14.1. The summed E-state index contributed by atoms with van der Waals surface area (Å²) in [5.74, 6) is -0.695. The number of carbonyl (C=O) groups excluding carboxylic acids is 2. The summed E-state index contributed by atoms with van der Waals surface area (Å²) in [6, 6.07) is 21.2. The van der Waals surface area contributed by atoms with Crippen LogP contribution in [0, 0.1) is 5.82 Å². The van der Waals surface area contributed by atoms with E-state index >= 15 is 0 Å². The fraction of sp³-hybridized carbons (Fsp3) is 0.0435. The number of halogens is 1. The summed E-state index contributed by atoms with van der Waals surface area (Å²) in [5, 5.41) is 3.05. The fourth-order valence-electron chi connectivity index (χ4n) is 3.16. The highest BCUT2D eigenvalue weighted by molar-refractivity contribution is 6.46. The SMILES string of the molecule is COc1ccc(NC2=C(c3ccc(F)cc3)C(=O)N(c3ccccc3)C2=O)cc1. The molecule has 4 rings (SSSR count). The van der Waals surface area contributed by atoms with Gasteiger partial charge in [-0.05, 0) is 54.1 Å². The number of hydrogen-bond acceptors (Lipinski definition) is 4. The molecule has 0 aromatic heterocycles. The van der Waals surface area contributed by atoms with Crippen LogP contribution in [0.2, 0.25) is 0 Å². The third kappa shape index (κ3) is 3.48. The molecule has 1 aliphatic rings. The van der Waals surface area contributed by atoms with Crippen LogP contribution in [0.1, 0.15) is 5.56 Å². The van der Waals surface area contributed by atoms with Crippen molar-refractivity contribution in [2.24, 2.45) is 0 Å². The molecular formula is C23H17FN2O3. The number of anilines is 2. The van der Waals surface area contributed by atoms with Gasteiger partial charge in [0, 0.05) is 5.69 Å². The zero-order valence-electron chi connectivity index (χ0n) is 15.6. The second-order valence-electron chi connectivity index (χ2n) is 6.39. The van der Waals surface area contributed by atoms with Gasteiger partial charge < -0.3 is 10.1 Å². The maximum absolute atomic E-state index is 13.4. The number of imide groups is 1. The van der Waals surface area contributed by atoms with Gasteiger partial charge in [0.2, 0.25) is 0 Å². The Bertz CT molecular complexity index is 1090. The highest BCUT2D eigenvalue weighted by Gasteiger charge is 2.40. The van der Waals surface area contributed by atoms with E-state index in [1.165, 1.54) is 24.3 Å². The third-order valence-corrected chi connectivity index (χ3v) is 4.59. The number of benzene rings is 3. The van der Waals surface area contributed by atoms with Gasteiger partial charge in [0.15, 0.2) is 0 Å². The number of nitrogens with zero attached hydrogens (tertiary/aromatic N) is 1. The minimum absolute atomic E-state index is 0.135. The molecule has 0 aliphatic carbocycles. The minimum atomic E-state index is -0.476. The van der Waals surface area contributed by atoms with Gasteiger partial charge in [-0.2, -0.15) is 0 Å². The molecule has 5 nitrogen and oxygen atoms in total. The van der Waals surface area contributed by atoms with E-state index in [9.17, 15) is 14.0 Å². The number of rotatable bonds is 5. The second-order valence-corrected chi connectivity index (χ2v) is 6.39. The first-order valence-electron chi connectivity index (χ1n) is 8.93. The van der Waals surface area contributed by atoms with Crippen molar-refractivity contribution < 1.29 is 18.7 Å². The number of ether oxygens (including phenoxy) is 1. The van der Waals surface area contributed by atoms with Crippen LogP contribution < -0.4 is 15.0 Å². The largest absolute Gasteiger partial charge is 0.497 e. The zero-order valence-corrected chi connectivity index (χ0v) is 15.6. The monoisotopic (exact) mass is 388 g/mol. The molecule has 0 fully saturated rings. The topological polar surface area (TPSA) is 58.6 Å². The molecule has 3 aromatic rings. The molecule has 0 bridgehead atoms. The molecule has 144 valence electrons. The molecule has 6 heteroatoms. The molecule has 0 atom stereocenters. The van der Waals surface area contributed by atoms with E-state index in [-0.39, 0.29) is 11.3 Å². The van der Waals surface area contributed by atoms with Crippen LogP contribution in [0.15, 0.2) is 84.6 Å². The molecule has 1 aliphatic heterocycles. The Balaban J connectivity index is 1.79. The van der Waals surface area contributed by atoms with E-state index in [0.717, 1.165) is 4.90 Å². The highest BCUT2D eigenvalue weighted by atomic mass is 19.1. The molecule has 29 heavy (non-hydrogen) atoms.